The molecule has 1 aliphatic rings. The van der Waals surface area contributed by atoms with Gasteiger partial charge in [0.15, 0.2) is 0 Å². The van der Waals surface area contributed by atoms with Gasteiger partial charge in [-0.1, -0.05) is 20.8 Å². The highest BCUT2D eigenvalue weighted by Crippen LogP contribution is 2.17. The van der Waals surface area contributed by atoms with Gasteiger partial charge in [-0.15, -0.1) is 0 Å². The highest BCUT2D eigenvalue weighted by molar-refractivity contribution is 5.17. The summed E-state index contributed by atoms with van der Waals surface area (Å²) >= 11 is 0. The number of ether oxygens (including phenoxy) is 1. The zero-order chi connectivity index (χ0) is 12.0. The van der Waals surface area contributed by atoms with E-state index in [2.05, 4.69) is 17.2 Å². The third kappa shape index (κ3) is 3.45. The molecule has 2 atom stereocenters. The van der Waals surface area contributed by atoms with Crippen LogP contribution in [0.5, 0.6) is 5.75 Å². The molecule has 2 rings (SSSR count). The van der Waals surface area contributed by atoms with Gasteiger partial charge in [0.2, 0.25) is 0 Å². The lowest BCUT2D eigenvalue weighted by Gasteiger charge is -2.16. The van der Waals surface area contributed by atoms with Crippen molar-refractivity contribution in [2.24, 2.45) is 5.92 Å². The first kappa shape index (κ1) is 12.9. The fourth-order valence-electron chi connectivity index (χ4n) is 1.58. The number of halogens is 1. The van der Waals surface area contributed by atoms with E-state index in [0.717, 1.165) is 13.1 Å². The molecule has 1 saturated heterocycles. The normalized spacial score (nSPS) is 23.5. The quantitative estimate of drug-likeness (QED) is 0.839. The molecule has 1 aromatic heterocycles. The average molecular weight is 226 g/mol. The van der Waals surface area contributed by atoms with Crippen molar-refractivity contribution >= 4 is 0 Å². The Kier molecular flexibility index (Phi) is 5.19. The molecule has 0 aliphatic carbocycles. The molecule has 1 aromatic rings. The van der Waals surface area contributed by atoms with Gasteiger partial charge in [-0.05, 0) is 0 Å². The van der Waals surface area contributed by atoms with E-state index in [0.29, 0.717) is 11.7 Å². The molecule has 0 radical (unpaired) electrons. The molecule has 0 aromatic carbocycles. The van der Waals surface area contributed by atoms with Gasteiger partial charge in [0.1, 0.15) is 17.7 Å². The Morgan fingerprint density at radius 2 is 2.12 bits per heavy atom. The van der Waals surface area contributed by atoms with E-state index in [4.69, 9.17) is 4.74 Å². The monoisotopic (exact) mass is 226 g/mol. The molecule has 2 unspecified atom stereocenters. The predicted molar refractivity (Wildman–Crippen MR) is 62.0 cm³/mol. The summed E-state index contributed by atoms with van der Waals surface area (Å²) in [5, 5.41) is 3.22. The summed E-state index contributed by atoms with van der Waals surface area (Å²) < 4.78 is 18.4. The van der Waals surface area contributed by atoms with Crippen LogP contribution in [0.1, 0.15) is 20.8 Å². The van der Waals surface area contributed by atoms with Crippen LogP contribution < -0.4 is 10.1 Å². The number of nitrogens with one attached hydrogen (secondary N) is 1. The number of pyridine rings is 1. The first-order chi connectivity index (χ1) is 7.75. The number of hydrogen-bond donors (Lipinski definition) is 1. The van der Waals surface area contributed by atoms with E-state index in [1.165, 1.54) is 18.5 Å². The standard InChI is InChI=1S/C10H13FN2O.C2H6/c1-7-3-12-6-10(7)14-9-2-8(11)4-13-5-9;1-2/h2,4-5,7,10,12H,3,6H2,1H3;1-2H3. The van der Waals surface area contributed by atoms with E-state index >= 15 is 0 Å². The van der Waals surface area contributed by atoms with Crippen LogP contribution in [0.2, 0.25) is 0 Å². The van der Waals surface area contributed by atoms with E-state index < -0.39 is 0 Å². The number of rotatable bonds is 2. The Hall–Kier alpha value is -1.16. The molecule has 4 heteroatoms. The maximum absolute atomic E-state index is 12.8. The SMILES string of the molecule is CC.CC1CNCC1Oc1cncc(F)c1. The van der Waals surface area contributed by atoms with Gasteiger partial charge in [-0.25, -0.2) is 4.39 Å². The van der Waals surface area contributed by atoms with Crippen LogP contribution in [-0.2, 0) is 0 Å². The predicted octanol–water partition coefficient (Wildman–Crippen LogP) is 2.23. The Balaban J connectivity index is 0.000000606. The largest absolute Gasteiger partial charge is 0.487 e. The van der Waals surface area contributed by atoms with Gasteiger partial charge in [0, 0.05) is 25.1 Å². The first-order valence-electron chi connectivity index (χ1n) is 5.73. The minimum atomic E-state index is -0.360. The molecular weight excluding hydrogens is 207 g/mol. The molecule has 16 heavy (non-hydrogen) atoms. The summed E-state index contributed by atoms with van der Waals surface area (Å²) in [5.41, 5.74) is 0. The summed E-state index contributed by atoms with van der Waals surface area (Å²) in [6, 6.07) is 1.36. The van der Waals surface area contributed by atoms with Gasteiger partial charge in [-0.3, -0.25) is 4.98 Å². The molecule has 0 spiro atoms. The molecule has 1 fully saturated rings. The molecule has 0 saturated carbocycles. The van der Waals surface area contributed by atoms with Gasteiger partial charge in [0.05, 0.1) is 12.4 Å². The van der Waals surface area contributed by atoms with E-state index in [1.54, 1.807) is 0 Å². The molecule has 0 bridgehead atoms. The fourth-order valence-corrected chi connectivity index (χ4v) is 1.58. The number of hydrogen-bond acceptors (Lipinski definition) is 3. The smallest absolute Gasteiger partial charge is 0.145 e. The Morgan fingerprint density at radius 3 is 2.69 bits per heavy atom. The van der Waals surface area contributed by atoms with Crippen molar-refractivity contribution < 1.29 is 9.13 Å². The van der Waals surface area contributed by atoms with Crippen molar-refractivity contribution in [2.75, 3.05) is 13.1 Å². The molecule has 1 N–H and O–H groups in total. The first-order valence-corrected chi connectivity index (χ1v) is 5.73. The van der Waals surface area contributed by atoms with Gasteiger partial charge >= 0.3 is 0 Å². The Bertz CT molecular complexity index is 320. The van der Waals surface area contributed by atoms with Crippen LogP contribution in [0.15, 0.2) is 18.5 Å². The second kappa shape index (κ2) is 6.43. The lowest BCUT2D eigenvalue weighted by atomic mass is 10.1. The molecule has 1 aliphatic heterocycles. The summed E-state index contributed by atoms with van der Waals surface area (Å²) in [6.45, 7) is 7.88. The summed E-state index contributed by atoms with van der Waals surface area (Å²) in [4.78, 5) is 3.73. The summed E-state index contributed by atoms with van der Waals surface area (Å²) in [5.74, 6) is 0.602. The second-order valence-electron chi connectivity index (χ2n) is 3.63. The molecule has 90 valence electrons. The van der Waals surface area contributed by atoms with Gasteiger partial charge in [0.25, 0.3) is 0 Å². The minimum absolute atomic E-state index is 0.124. The van der Waals surface area contributed by atoms with Crippen molar-refractivity contribution in [3.05, 3.63) is 24.3 Å². The van der Waals surface area contributed by atoms with Crippen molar-refractivity contribution in [1.29, 1.82) is 0 Å². The molecule has 3 nitrogen and oxygen atoms in total. The minimum Gasteiger partial charge on any atom is -0.487 e. The van der Waals surface area contributed by atoms with Crippen molar-refractivity contribution in [3.63, 3.8) is 0 Å². The average Bonchev–Trinajstić information content (AvgIpc) is 2.68. The third-order valence-electron chi connectivity index (χ3n) is 2.41. The van der Waals surface area contributed by atoms with Crippen LogP contribution >= 0.6 is 0 Å². The Labute approximate surface area is 96.0 Å². The zero-order valence-electron chi connectivity index (χ0n) is 10.0. The van der Waals surface area contributed by atoms with Crippen LogP contribution in [0, 0.1) is 11.7 Å². The Morgan fingerprint density at radius 1 is 1.38 bits per heavy atom. The van der Waals surface area contributed by atoms with Gasteiger partial charge < -0.3 is 10.1 Å². The third-order valence-corrected chi connectivity index (χ3v) is 2.41. The molecule has 0 amide bonds. The highest BCUT2D eigenvalue weighted by atomic mass is 19.1. The van der Waals surface area contributed by atoms with E-state index in [-0.39, 0.29) is 11.9 Å². The van der Waals surface area contributed by atoms with Crippen molar-refractivity contribution in [1.82, 2.24) is 10.3 Å². The van der Waals surface area contributed by atoms with E-state index in [9.17, 15) is 4.39 Å². The summed E-state index contributed by atoms with van der Waals surface area (Å²) in [6.07, 6.45) is 2.83. The molecule has 2 heterocycles. The second-order valence-corrected chi connectivity index (χ2v) is 3.63. The number of nitrogens with zero attached hydrogens (tertiary/aromatic N) is 1. The lowest BCUT2D eigenvalue weighted by molar-refractivity contribution is 0.181. The van der Waals surface area contributed by atoms with Crippen molar-refractivity contribution in [2.45, 2.75) is 26.9 Å². The van der Waals surface area contributed by atoms with Crippen LogP contribution in [0.4, 0.5) is 4.39 Å². The van der Waals surface area contributed by atoms with E-state index in [1.807, 2.05) is 13.8 Å². The van der Waals surface area contributed by atoms with Crippen LogP contribution in [0.3, 0.4) is 0 Å². The lowest BCUT2D eigenvalue weighted by Crippen LogP contribution is -2.24. The highest BCUT2D eigenvalue weighted by Gasteiger charge is 2.24. The topological polar surface area (TPSA) is 34.1 Å². The fraction of sp³-hybridized carbons (Fsp3) is 0.583. The van der Waals surface area contributed by atoms with Crippen LogP contribution in [-0.4, -0.2) is 24.2 Å². The van der Waals surface area contributed by atoms with Crippen LogP contribution in [0.25, 0.3) is 0 Å². The zero-order valence-corrected chi connectivity index (χ0v) is 10.0. The number of aromatic nitrogens is 1. The maximum Gasteiger partial charge on any atom is 0.145 e. The molecular formula is C12H19FN2O. The maximum atomic E-state index is 12.8. The van der Waals surface area contributed by atoms with Gasteiger partial charge in [-0.2, -0.15) is 0 Å². The van der Waals surface area contributed by atoms with Crippen molar-refractivity contribution in [3.8, 4) is 5.75 Å². The summed E-state index contributed by atoms with van der Waals surface area (Å²) in [7, 11) is 0.